The van der Waals surface area contributed by atoms with E-state index in [-0.39, 0.29) is 0 Å². The molecule has 0 saturated heterocycles. The average molecular weight is 313 g/mol. The molecule has 0 aromatic heterocycles. The fraction of sp³-hybridized carbons (Fsp3) is 0.444. The van der Waals surface area contributed by atoms with Gasteiger partial charge in [0.2, 0.25) is 0 Å². The lowest BCUT2D eigenvalue weighted by atomic mass is 10.1. The molecule has 0 spiro atoms. The van der Waals surface area contributed by atoms with Crippen LogP contribution in [0, 0.1) is 5.92 Å². The maximum absolute atomic E-state index is 12.3. The van der Waals surface area contributed by atoms with Gasteiger partial charge in [-0.15, -0.1) is 0 Å². The molecule has 0 radical (unpaired) electrons. The molecule has 1 rings (SSSR count). The van der Waals surface area contributed by atoms with Gasteiger partial charge in [0.25, 0.3) is 0 Å². The van der Waals surface area contributed by atoms with E-state index >= 15 is 0 Å². The SMILES string of the molecule is C=CC=C(C)C.CC(C)CCNc1ccc(C(F)(F)F)cc1. The van der Waals surface area contributed by atoms with Crippen molar-refractivity contribution in [1.82, 2.24) is 0 Å². The minimum Gasteiger partial charge on any atom is -0.385 e. The minimum absolute atomic E-state index is 0.585. The van der Waals surface area contributed by atoms with Gasteiger partial charge < -0.3 is 5.32 Å². The molecule has 0 saturated carbocycles. The molecule has 1 aromatic carbocycles. The van der Waals surface area contributed by atoms with Crippen LogP contribution in [-0.2, 0) is 6.18 Å². The molecule has 0 amide bonds. The molecule has 1 aromatic rings. The van der Waals surface area contributed by atoms with Crippen LogP contribution in [0.3, 0.4) is 0 Å². The van der Waals surface area contributed by atoms with E-state index in [1.54, 1.807) is 6.08 Å². The number of benzene rings is 1. The quantitative estimate of drug-likeness (QED) is 0.629. The Morgan fingerprint density at radius 1 is 1.18 bits per heavy atom. The number of allylic oxidation sites excluding steroid dienone is 3. The third-order valence-corrected chi connectivity index (χ3v) is 2.71. The molecule has 0 aliphatic rings. The van der Waals surface area contributed by atoms with E-state index in [4.69, 9.17) is 0 Å². The standard InChI is InChI=1S/C12H16F3N.C6H10/c1-9(2)7-8-16-11-5-3-10(4-6-11)12(13,14)15;1-4-5-6(2)3/h3-6,9,16H,7-8H2,1-2H3;4-5H,1H2,2-3H3. The van der Waals surface area contributed by atoms with Gasteiger partial charge in [-0.25, -0.2) is 0 Å². The van der Waals surface area contributed by atoms with Crippen molar-refractivity contribution in [2.24, 2.45) is 5.92 Å². The second-order valence-corrected chi connectivity index (χ2v) is 5.66. The first kappa shape index (κ1) is 20.3. The summed E-state index contributed by atoms with van der Waals surface area (Å²) in [6, 6.07) is 5.11. The second-order valence-electron chi connectivity index (χ2n) is 5.66. The molecular weight excluding hydrogens is 287 g/mol. The predicted octanol–water partition coefficient (Wildman–Crippen LogP) is 6.30. The summed E-state index contributed by atoms with van der Waals surface area (Å²) < 4.78 is 36.8. The Bertz CT molecular complexity index is 452. The average Bonchev–Trinajstić information content (AvgIpc) is 2.38. The zero-order valence-corrected chi connectivity index (χ0v) is 13.8. The summed E-state index contributed by atoms with van der Waals surface area (Å²) in [4.78, 5) is 0. The Kier molecular flexibility index (Phi) is 9.31. The molecule has 4 heteroatoms. The van der Waals surface area contributed by atoms with E-state index in [9.17, 15) is 13.2 Å². The number of nitrogens with one attached hydrogen (secondary N) is 1. The maximum atomic E-state index is 12.3. The van der Waals surface area contributed by atoms with E-state index in [0.717, 1.165) is 30.8 Å². The van der Waals surface area contributed by atoms with Crippen molar-refractivity contribution in [2.75, 3.05) is 11.9 Å². The normalized spacial score (nSPS) is 10.5. The van der Waals surface area contributed by atoms with E-state index in [2.05, 4.69) is 25.7 Å². The van der Waals surface area contributed by atoms with Crippen molar-refractivity contribution in [3.8, 4) is 0 Å². The number of anilines is 1. The zero-order valence-electron chi connectivity index (χ0n) is 13.8. The minimum atomic E-state index is -4.25. The van der Waals surface area contributed by atoms with Crippen LogP contribution in [0.4, 0.5) is 18.9 Å². The highest BCUT2D eigenvalue weighted by molar-refractivity contribution is 5.45. The molecule has 0 aliphatic carbocycles. The third kappa shape index (κ3) is 10.1. The maximum Gasteiger partial charge on any atom is 0.416 e. The van der Waals surface area contributed by atoms with Crippen LogP contribution in [0.25, 0.3) is 0 Å². The molecule has 22 heavy (non-hydrogen) atoms. The summed E-state index contributed by atoms with van der Waals surface area (Å²) in [5, 5.41) is 3.09. The summed E-state index contributed by atoms with van der Waals surface area (Å²) in [6.45, 7) is 12.6. The van der Waals surface area contributed by atoms with Crippen LogP contribution in [-0.4, -0.2) is 6.54 Å². The number of halogens is 3. The van der Waals surface area contributed by atoms with Crippen LogP contribution in [0.5, 0.6) is 0 Å². The summed E-state index contributed by atoms with van der Waals surface area (Å²) in [5.74, 6) is 0.585. The Morgan fingerprint density at radius 3 is 2.05 bits per heavy atom. The monoisotopic (exact) mass is 313 g/mol. The third-order valence-electron chi connectivity index (χ3n) is 2.71. The first-order valence-electron chi connectivity index (χ1n) is 7.34. The Morgan fingerprint density at radius 2 is 1.73 bits per heavy atom. The van der Waals surface area contributed by atoms with Gasteiger partial charge in [0, 0.05) is 12.2 Å². The van der Waals surface area contributed by atoms with Gasteiger partial charge in [-0.2, -0.15) is 13.2 Å². The topological polar surface area (TPSA) is 12.0 Å². The van der Waals surface area contributed by atoms with Crippen molar-refractivity contribution in [1.29, 1.82) is 0 Å². The van der Waals surface area contributed by atoms with Gasteiger partial charge in [0.05, 0.1) is 5.56 Å². The van der Waals surface area contributed by atoms with E-state index in [0.29, 0.717) is 5.92 Å². The summed E-state index contributed by atoms with van der Waals surface area (Å²) >= 11 is 0. The lowest BCUT2D eigenvalue weighted by Gasteiger charge is -2.10. The van der Waals surface area contributed by atoms with Crippen LogP contribution in [0.15, 0.2) is 48.6 Å². The van der Waals surface area contributed by atoms with Gasteiger partial charge >= 0.3 is 6.18 Å². The molecule has 124 valence electrons. The highest BCUT2D eigenvalue weighted by atomic mass is 19.4. The van der Waals surface area contributed by atoms with Gasteiger partial charge in [-0.1, -0.05) is 38.2 Å². The van der Waals surface area contributed by atoms with Crippen LogP contribution < -0.4 is 5.32 Å². The van der Waals surface area contributed by atoms with Crippen LogP contribution in [0.1, 0.15) is 39.7 Å². The first-order valence-corrected chi connectivity index (χ1v) is 7.34. The fourth-order valence-electron chi connectivity index (χ4n) is 1.52. The van der Waals surface area contributed by atoms with Crippen molar-refractivity contribution in [3.63, 3.8) is 0 Å². The smallest absolute Gasteiger partial charge is 0.385 e. The highest BCUT2D eigenvalue weighted by Crippen LogP contribution is 2.29. The number of hydrogen-bond acceptors (Lipinski definition) is 1. The van der Waals surface area contributed by atoms with E-state index in [1.165, 1.54) is 17.7 Å². The van der Waals surface area contributed by atoms with Gasteiger partial charge in [-0.3, -0.25) is 0 Å². The number of rotatable bonds is 5. The molecule has 0 bridgehead atoms. The molecule has 0 heterocycles. The number of hydrogen-bond donors (Lipinski definition) is 1. The lowest BCUT2D eigenvalue weighted by Crippen LogP contribution is -2.07. The predicted molar refractivity (Wildman–Crippen MR) is 89.0 cm³/mol. The molecule has 0 fully saturated rings. The highest BCUT2D eigenvalue weighted by Gasteiger charge is 2.29. The largest absolute Gasteiger partial charge is 0.416 e. The zero-order chi connectivity index (χ0) is 17.2. The summed E-state index contributed by atoms with van der Waals surface area (Å²) in [7, 11) is 0. The molecule has 0 atom stereocenters. The van der Waals surface area contributed by atoms with Crippen molar-refractivity contribution in [2.45, 2.75) is 40.3 Å². The lowest BCUT2D eigenvalue weighted by molar-refractivity contribution is -0.137. The first-order chi connectivity index (χ1) is 10.2. The van der Waals surface area contributed by atoms with Gasteiger partial charge in [-0.05, 0) is 50.5 Å². The molecule has 1 nitrogen and oxygen atoms in total. The Balaban J connectivity index is 0.000000626. The van der Waals surface area contributed by atoms with Crippen molar-refractivity contribution >= 4 is 5.69 Å². The molecule has 1 N–H and O–H groups in total. The Hall–Kier alpha value is -1.71. The van der Waals surface area contributed by atoms with Crippen LogP contribution in [0.2, 0.25) is 0 Å². The van der Waals surface area contributed by atoms with Crippen molar-refractivity contribution < 1.29 is 13.2 Å². The van der Waals surface area contributed by atoms with E-state index in [1.807, 2.05) is 19.9 Å². The molecule has 0 aliphatic heterocycles. The Labute approximate surface area is 131 Å². The fourth-order valence-corrected chi connectivity index (χ4v) is 1.52. The van der Waals surface area contributed by atoms with Gasteiger partial charge in [0.1, 0.15) is 0 Å². The van der Waals surface area contributed by atoms with E-state index < -0.39 is 11.7 Å². The second kappa shape index (κ2) is 10.1. The molecule has 0 unspecified atom stereocenters. The summed E-state index contributed by atoms with van der Waals surface area (Å²) in [5.41, 5.74) is 1.42. The number of alkyl halides is 3. The van der Waals surface area contributed by atoms with Crippen LogP contribution >= 0.6 is 0 Å². The molecular formula is C18H26F3N. The van der Waals surface area contributed by atoms with Gasteiger partial charge in [0.15, 0.2) is 0 Å². The summed E-state index contributed by atoms with van der Waals surface area (Å²) in [6.07, 6.45) is 0.507. The van der Waals surface area contributed by atoms with Crippen molar-refractivity contribution in [3.05, 3.63) is 54.1 Å².